The number of hydrogen-bond donors (Lipinski definition) is 1. The molecule has 2 heterocycles. The second-order valence-corrected chi connectivity index (χ2v) is 4.99. The lowest BCUT2D eigenvalue weighted by molar-refractivity contribution is 0.619. The van der Waals surface area contributed by atoms with E-state index in [1.54, 1.807) is 19.2 Å². The monoisotopic (exact) mass is 305 g/mol. The highest BCUT2D eigenvalue weighted by Crippen LogP contribution is 2.22. The molecule has 3 rings (SSSR count). The molecule has 3 aromatic rings. The molecule has 2 aromatic heterocycles. The van der Waals surface area contributed by atoms with Crippen molar-refractivity contribution in [3.05, 3.63) is 46.3 Å². The highest BCUT2D eigenvalue weighted by atomic mass is 79.9. The van der Waals surface area contributed by atoms with Gasteiger partial charge in [0.15, 0.2) is 5.65 Å². The van der Waals surface area contributed by atoms with Crippen LogP contribution in [0.15, 0.2) is 34.9 Å². The Morgan fingerprint density at radius 2 is 2.11 bits per heavy atom. The number of pyridine rings is 1. The number of aryl methyl sites for hydroxylation is 1. The van der Waals surface area contributed by atoms with E-state index in [9.17, 15) is 4.39 Å². The summed E-state index contributed by atoms with van der Waals surface area (Å²) in [6.07, 6.45) is 1.68. The normalized spacial score (nSPS) is 11.1. The zero-order chi connectivity index (χ0) is 12.7. The van der Waals surface area contributed by atoms with Crippen LogP contribution in [0.3, 0.4) is 0 Å². The molecule has 0 amide bonds. The van der Waals surface area contributed by atoms with Crippen LogP contribution in [0.5, 0.6) is 0 Å². The highest BCUT2D eigenvalue weighted by Gasteiger charge is 2.08. The van der Waals surface area contributed by atoms with Crippen LogP contribution in [-0.4, -0.2) is 15.0 Å². The standard InChI is InChI=1S/C13H9BrFN3/c1-7-2-3-8(4-10(7)15)12-17-11-5-9(14)6-16-13(11)18-12/h2-6H,1H3,(H,16,17,18). The number of rotatable bonds is 1. The number of halogens is 2. The van der Waals surface area contributed by atoms with Crippen LogP contribution >= 0.6 is 15.9 Å². The van der Waals surface area contributed by atoms with E-state index in [2.05, 4.69) is 30.9 Å². The molecule has 0 fully saturated rings. The van der Waals surface area contributed by atoms with Crippen LogP contribution in [-0.2, 0) is 0 Å². The zero-order valence-corrected chi connectivity index (χ0v) is 11.1. The van der Waals surface area contributed by atoms with Crippen molar-refractivity contribution in [2.45, 2.75) is 6.92 Å². The lowest BCUT2D eigenvalue weighted by atomic mass is 10.1. The average Bonchev–Trinajstić information content (AvgIpc) is 2.75. The summed E-state index contributed by atoms with van der Waals surface area (Å²) in [5, 5.41) is 0. The molecule has 3 nitrogen and oxygen atoms in total. The number of aromatic nitrogens is 3. The Balaban J connectivity index is 2.16. The second-order valence-electron chi connectivity index (χ2n) is 4.07. The molecular weight excluding hydrogens is 297 g/mol. The fraction of sp³-hybridized carbons (Fsp3) is 0.0769. The molecular formula is C13H9BrFN3. The third-order valence-electron chi connectivity index (χ3n) is 2.75. The van der Waals surface area contributed by atoms with Gasteiger partial charge in [-0.1, -0.05) is 12.1 Å². The molecule has 0 atom stereocenters. The minimum Gasteiger partial charge on any atom is -0.337 e. The molecule has 0 spiro atoms. The van der Waals surface area contributed by atoms with Gasteiger partial charge in [-0.05, 0) is 40.5 Å². The largest absolute Gasteiger partial charge is 0.337 e. The Morgan fingerprint density at radius 3 is 2.89 bits per heavy atom. The maximum absolute atomic E-state index is 13.5. The molecule has 0 unspecified atom stereocenters. The van der Waals surface area contributed by atoms with Crippen molar-refractivity contribution in [1.82, 2.24) is 15.0 Å². The number of hydrogen-bond acceptors (Lipinski definition) is 2. The predicted octanol–water partition coefficient (Wildman–Crippen LogP) is 3.83. The fourth-order valence-electron chi connectivity index (χ4n) is 1.75. The van der Waals surface area contributed by atoms with Crippen LogP contribution in [0.4, 0.5) is 4.39 Å². The Hall–Kier alpha value is -1.75. The number of nitrogens with one attached hydrogen (secondary N) is 1. The van der Waals surface area contributed by atoms with Crippen molar-refractivity contribution < 1.29 is 4.39 Å². The van der Waals surface area contributed by atoms with Crippen LogP contribution in [0.2, 0.25) is 0 Å². The Labute approximate surface area is 111 Å². The number of H-pyrrole nitrogens is 1. The molecule has 0 bridgehead atoms. The molecule has 18 heavy (non-hydrogen) atoms. The van der Waals surface area contributed by atoms with Crippen molar-refractivity contribution in [2.24, 2.45) is 0 Å². The fourth-order valence-corrected chi connectivity index (χ4v) is 2.08. The maximum atomic E-state index is 13.5. The molecule has 0 aliphatic rings. The lowest BCUT2D eigenvalue weighted by Crippen LogP contribution is -1.85. The lowest BCUT2D eigenvalue weighted by Gasteiger charge is -1.99. The summed E-state index contributed by atoms with van der Waals surface area (Å²) in [4.78, 5) is 11.7. The first kappa shape index (κ1) is 11.3. The van der Waals surface area contributed by atoms with Crippen molar-refractivity contribution in [1.29, 1.82) is 0 Å². The van der Waals surface area contributed by atoms with E-state index in [1.807, 2.05) is 12.1 Å². The molecule has 90 valence electrons. The van der Waals surface area contributed by atoms with Crippen molar-refractivity contribution in [2.75, 3.05) is 0 Å². The summed E-state index contributed by atoms with van der Waals surface area (Å²) in [6, 6.07) is 6.94. The summed E-state index contributed by atoms with van der Waals surface area (Å²) in [6.45, 7) is 1.73. The summed E-state index contributed by atoms with van der Waals surface area (Å²) < 4.78 is 14.4. The van der Waals surface area contributed by atoms with E-state index in [0.29, 0.717) is 22.6 Å². The summed E-state index contributed by atoms with van der Waals surface area (Å²) in [7, 11) is 0. The minimum absolute atomic E-state index is 0.234. The Bertz CT molecular complexity index is 736. The second kappa shape index (κ2) is 4.17. The first-order chi connectivity index (χ1) is 8.63. The van der Waals surface area contributed by atoms with Gasteiger partial charge < -0.3 is 4.98 Å². The quantitative estimate of drug-likeness (QED) is 0.742. The highest BCUT2D eigenvalue weighted by molar-refractivity contribution is 9.10. The van der Waals surface area contributed by atoms with Gasteiger partial charge in [0, 0.05) is 16.2 Å². The Morgan fingerprint density at radius 1 is 1.28 bits per heavy atom. The van der Waals surface area contributed by atoms with E-state index < -0.39 is 0 Å². The predicted molar refractivity (Wildman–Crippen MR) is 71.7 cm³/mol. The van der Waals surface area contributed by atoms with Gasteiger partial charge in [-0.2, -0.15) is 0 Å². The molecule has 0 radical (unpaired) electrons. The SMILES string of the molecule is Cc1ccc(-c2nc3ncc(Br)cc3[nH]2)cc1F. The summed E-state index contributed by atoms with van der Waals surface area (Å²) >= 11 is 3.35. The van der Waals surface area contributed by atoms with Gasteiger partial charge in [0.25, 0.3) is 0 Å². The van der Waals surface area contributed by atoms with Crippen LogP contribution in [0, 0.1) is 12.7 Å². The van der Waals surface area contributed by atoms with Crippen molar-refractivity contribution >= 4 is 27.1 Å². The van der Waals surface area contributed by atoms with E-state index >= 15 is 0 Å². The van der Waals surface area contributed by atoms with Gasteiger partial charge in [0.1, 0.15) is 11.6 Å². The molecule has 0 saturated heterocycles. The van der Waals surface area contributed by atoms with Crippen LogP contribution < -0.4 is 0 Å². The number of nitrogens with zero attached hydrogens (tertiary/aromatic N) is 2. The Kier molecular flexibility index (Phi) is 2.63. The number of aromatic amines is 1. The number of benzene rings is 1. The van der Waals surface area contributed by atoms with E-state index in [-0.39, 0.29) is 5.82 Å². The van der Waals surface area contributed by atoms with Crippen LogP contribution in [0.25, 0.3) is 22.6 Å². The third-order valence-corrected chi connectivity index (χ3v) is 3.18. The van der Waals surface area contributed by atoms with Gasteiger partial charge in [-0.25, -0.2) is 14.4 Å². The molecule has 0 aliphatic carbocycles. The molecule has 1 aromatic carbocycles. The topological polar surface area (TPSA) is 41.6 Å². The van der Waals surface area contributed by atoms with Crippen molar-refractivity contribution in [3.63, 3.8) is 0 Å². The van der Waals surface area contributed by atoms with Gasteiger partial charge in [0.2, 0.25) is 0 Å². The van der Waals surface area contributed by atoms with E-state index in [1.165, 1.54) is 6.07 Å². The van der Waals surface area contributed by atoms with Crippen molar-refractivity contribution in [3.8, 4) is 11.4 Å². The van der Waals surface area contributed by atoms with Gasteiger partial charge in [-0.3, -0.25) is 0 Å². The van der Waals surface area contributed by atoms with Crippen LogP contribution in [0.1, 0.15) is 5.56 Å². The first-order valence-electron chi connectivity index (χ1n) is 5.41. The summed E-state index contributed by atoms with van der Waals surface area (Å²) in [5.41, 5.74) is 2.78. The van der Waals surface area contributed by atoms with E-state index in [4.69, 9.17) is 0 Å². The molecule has 0 aliphatic heterocycles. The zero-order valence-electron chi connectivity index (χ0n) is 9.54. The number of imidazole rings is 1. The molecule has 1 N–H and O–H groups in total. The minimum atomic E-state index is -0.234. The van der Waals surface area contributed by atoms with Gasteiger partial charge in [0.05, 0.1) is 5.52 Å². The maximum Gasteiger partial charge on any atom is 0.178 e. The van der Waals surface area contributed by atoms with E-state index in [0.717, 1.165) is 9.99 Å². The molecule has 0 saturated carbocycles. The third kappa shape index (κ3) is 1.90. The van der Waals surface area contributed by atoms with Gasteiger partial charge in [-0.15, -0.1) is 0 Å². The first-order valence-corrected chi connectivity index (χ1v) is 6.20. The summed E-state index contributed by atoms with van der Waals surface area (Å²) in [5.74, 6) is 0.386. The smallest absolute Gasteiger partial charge is 0.178 e. The average molecular weight is 306 g/mol. The number of fused-ring (bicyclic) bond motifs is 1. The molecule has 5 heteroatoms. The van der Waals surface area contributed by atoms with Gasteiger partial charge >= 0.3 is 0 Å².